The summed E-state index contributed by atoms with van der Waals surface area (Å²) in [5, 5.41) is 3.92. The molecule has 0 aliphatic heterocycles. The number of nitrogens with zero attached hydrogens (tertiary/aromatic N) is 3. The van der Waals surface area contributed by atoms with Crippen molar-refractivity contribution >= 4 is 17.2 Å². The summed E-state index contributed by atoms with van der Waals surface area (Å²) in [6.07, 6.45) is 5.20. The second-order valence-corrected chi connectivity index (χ2v) is 7.50. The molecule has 1 N–H and O–H groups in total. The van der Waals surface area contributed by atoms with E-state index in [1.807, 2.05) is 72.4 Å². The van der Waals surface area contributed by atoms with E-state index in [9.17, 15) is 4.79 Å². The molecule has 1 unspecified atom stereocenters. The largest absolute Gasteiger partial charge is 0.497 e. The summed E-state index contributed by atoms with van der Waals surface area (Å²) in [6.45, 7) is 0. The lowest BCUT2D eigenvalue weighted by Gasteiger charge is -2.19. The molecule has 4 rings (SSSR count). The molecule has 7 heteroatoms. The molecule has 0 fully saturated rings. The van der Waals surface area contributed by atoms with Gasteiger partial charge in [0.1, 0.15) is 27.5 Å². The lowest BCUT2D eigenvalue weighted by atomic mass is 10.1. The molecular formula is C22H20N4O2S. The van der Waals surface area contributed by atoms with Gasteiger partial charge in [-0.2, -0.15) is 0 Å². The molecule has 2 heterocycles. The number of rotatable bonds is 6. The topological polar surface area (TPSA) is 69.0 Å². The van der Waals surface area contributed by atoms with Gasteiger partial charge in [-0.1, -0.05) is 42.5 Å². The summed E-state index contributed by atoms with van der Waals surface area (Å²) < 4.78 is 7.14. The number of hydrogen-bond donors (Lipinski definition) is 1. The number of amides is 1. The molecule has 4 aromatic rings. The standard InChI is InChI=1S/C22H20N4O2S/c1-26-13-12-23-20(26)19(15-8-10-17(28-2)11-9-15)25-21(27)18-14-24-22(29-18)16-6-4-3-5-7-16/h3-14,19H,1-2H3,(H,25,27). The lowest BCUT2D eigenvalue weighted by molar-refractivity contribution is 0.0945. The van der Waals surface area contributed by atoms with Gasteiger partial charge in [0.2, 0.25) is 0 Å². The zero-order valence-electron chi connectivity index (χ0n) is 16.1. The van der Waals surface area contributed by atoms with Crippen LogP contribution in [0.4, 0.5) is 0 Å². The highest BCUT2D eigenvalue weighted by Crippen LogP contribution is 2.27. The Bertz CT molecular complexity index is 1100. The summed E-state index contributed by atoms with van der Waals surface area (Å²) in [5.41, 5.74) is 1.91. The molecule has 0 aliphatic carbocycles. The minimum Gasteiger partial charge on any atom is -0.497 e. The van der Waals surface area contributed by atoms with E-state index in [2.05, 4.69) is 15.3 Å². The van der Waals surface area contributed by atoms with Gasteiger partial charge in [-0.15, -0.1) is 11.3 Å². The van der Waals surface area contributed by atoms with Gasteiger partial charge in [-0.25, -0.2) is 9.97 Å². The Morgan fingerprint density at radius 3 is 2.52 bits per heavy atom. The molecule has 6 nitrogen and oxygen atoms in total. The molecule has 0 bridgehead atoms. The first-order chi connectivity index (χ1) is 14.2. The van der Waals surface area contributed by atoms with Crippen molar-refractivity contribution in [3.8, 4) is 16.3 Å². The van der Waals surface area contributed by atoms with E-state index >= 15 is 0 Å². The average molecular weight is 404 g/mol. The number of aromatic nitrogens is 3. The highest BCUT2D eigenvalue weighted by atomic mass is 32.1. The molecule has 0 saturated carbocycles. The number of aryl methyl sites for hydroxylation is 1. The van der Waals surface area contributed by atoms with Crippen LogP contribution in [0.1, 0.15) is 27.1 Å². The average Bonchev–Trinajstić information content (AvgIpc) is 3.42. The van der Waals surface area contributed by atoms with Gasteiger partial charge in [-0.3, -0.25) is 4.79 Å². The number of hydrogen-bond acceptors (Lipinski definition) is 5. The Morgan fingerprint density at radius 1 is 1.10 bits per heavy atom. The molecule has 0 aliphatic rings. The van der Waals surface area contributed by atoms with Gasteiger partial charge >= 0.3 is 0 Å². The molecule has 29 heavy (non-hydrogen) atoms. The van der Waals surface area contributed by atoms with E-state index in [-0.39, 0.29) is 5.91 Å². The number of carbonyl (C=O) groups excluding carboxylic acids is 1. The fourth-order valence-electron chi connectivity index (χ4n) is 3.04. The number of benzene rings is 2. The van der Waals surface area contributed by atoms with Gasteiger partial charge in [0.05, 0.1) is 13.3 Å². The predicted molar refractivity (Wildman–Crippen MR) is 113 cm³/mol. The Morgan fingerprint density at radius 2 is 1.86 bits per heavy atom. The minimum absolute atomic E-state index is 0.187. The van der Waals surface area contributed by atoms with Crippen molar-refractivity contribution in [2.45, 2.75) is 6.04 Å². The van der Waals surface area contributed by atoms with Gasteiger partial charge in [0.25, 0.3) is 5.91 Å². The smallest absolute Gasteiger partial charge is 0.263 e. The zero-order valence-corrected chi connectivity index (χ0v) is 16.9. The fourth-order valence-corrected chi connectivity index (χ4v) is 3.87. The third-order valence-electron chi connectivity index (χ3n) is 4.59. The summed E-state index contributed by atoms with van der Waals surface area (Å²) in [5.74, 6) is 1.32. The van der Waals surface area contributed by atoms with Gasteiger partial charge < -0.3 is 14.6 Å². The SMILES string of the molecule is COc1ccc(C(NC(=O)c2cnc(-c3ccccc3)s2)c2nccn2C)cc1. The van der Waals surface area contributed by atoms with Crippen LogP contribution in [0.3, 0.4) is 0 Å². The van der Waals surface area contributed by atoms with E-state index in [1.165, 1.54) is 11.3 Å². The second-order valence-electron chi connectivity index (χ2n) is 6.47. The summed E-state index contributed by atoms with van der Waals surface area (Å²) in [6, 6.07) is 17.0. The molecule has 2 aromatic heterocycles. The van der Waals surface area contributed by atoms with E-state index in [0.29, 0.717) is 4.88 Å². The number of ether oxygens (including phenoxy) is 1. The lowest BCUT2D eigenvalue weighted by Crippen LogP contribution is -2.30. The molecule has 2 aromatic carbocycles. The predicted octanol–water partition coefficient (Wildman–Crippen LogP) is 4.07. The molecule has 146 valence electrons. The first kappa shape index (κ1) is 18.9. The maximum absolute atomic E-state index is 13.0. The molecular weight excluding hydrogens is 384 g/mol. The minimum atomic E-state index is -0.393. The Labute approximate surface area is 172 Å². The summed E-state index contributed by atoms with van der Waals surface area (Å²) in [7, 11) is 3.53. The summed E-state index contributed by atoms with van der Waals surface area (Å²) >= 11 is 1.37. The fraction of sp³-hybridized carbons (Fsp3) is 0.136. The normalized spacial score (nSPS) is 11.8. The highest BCUT2D eigenvalue weighted by molar-refractivity contribution is 7.16. The van der Waals surface area contributed by atoms with Crippen molar-refractivity contribution in [1.82, 2.24) is 19.9 Å². The van der Waals surface area contributed by atoms with Crippen LogP contribution in [0.25, 0.3) is 10.6 Å². The van der Waals surface area contributed by atoms with Gasteiger partial charge in [-0.05, 0) is 17.7 Å². The van der Waals surface area contributed by atoms with Crippen molar-refractivity contribution in [1.29, 1.82) is 0 Å². The number of thiazole rings is 1. The van der Waals surface area contributed by atoms with Crippen molar-refractivity contribution in [3.63, 3.8) is 0 Å². The maximum Gasteiger partial charge on any atom is 0.263 e. The third kappa shape index (κ3) is 4.05. The van der Waals surface area contributed by atoms with Crippen LogP contribution in [-0.2, 0) is 7.05 Å². The van der Waals surface area contributed by atoms with Crippen molar-refractivity contribution in [2.75, 3.05) is 7.11 Å². The maximum atomic E-state index is 13.0. The molecule has 1 atom stereocenters. The Hall–Kier alpha value is -3.45. The van der Waals surface area contributed by atoms with E-state index in [4.69, 9.17) is 4.74 Å². The van der Waals surface area contributed by atoms with Crippen molar-refractivity contribution in [2.24, 2.45) is 7.05 Å². The van der Waals surface area contributed by atoms with Crippen molar-refractivity contribution in [3.05, 3.63) is 89.5 Å². The molecule has 0 spiro atoms. The van der Waals surface area contributed by atoms with E-state index in [1.54, 1.807) is 19.5 Å². The number of imidazole rings is 1. The van der Waals surface area contributed by atoms with E-state index in [0.717, 1.165) is 27.7 Å². The van der Waals surface area contributed by atoms with Crippen LogP contribution in [0, 0.1) is 0 Å². The quantitative estimate of drug-likeness (QED) is 0.526. The van der Waals surface area contributed by atoms with Crippen LogP contribution in [0.15, 0.2) is 73.2 Å². The monoisotopic (exact) mass is 404 g/mol. The number of carbonyl (C=O) groups is 1. The van der Waals surface area contributed by atoms with Gasteiger partial charge in [0.15, 0.2) is 0 Å². The second kappa shape index (κ2) is 8.28. The van der Waals surface area contributed by atoms with Crippen LogP contribution in [0.5, 0.6) is 5.75 Å². The Balaban J connectivity index is 1.61. The number of methoxy groups -OCH3 is 1. The molecule has 0 radical (unpaired) electrons. The van der Waals surface area contributed by atoms with Crippen molar-refractivity contribution < 1.29 is 9.53 Å². The highest BCUT2D eigenvalue weighted by Gasteiger charge is 2.23. The first-order valence-electron chi connectivity index (χ1n) is 9.09. The van der Waals surface area contributed by atoms with Crippen LogP contribution < -0.4 is 10.1 Å². The number of nitrogens with one attached hydrogen (secondary N) is 1. The zero-order chi connectivity index (χ0) is 20.2. The first-order valence-corrected chi connectivity index (χ1v) is 9.90. The molecule has 0 saturated heterocycles. The van der Waals surface area contributed by atoms with Crippen LogP contribution in [-0.4, -0.2) is 27.6 Å². The Kier molecular flexibility index (Phi) is 5.39. The summed E-state index contributed by atoms with van der Waals surface area (Å²) in [4.78, 5) is 22.4. The van der Waals surface area contributed by atoms with Crippen LogP contribution in [0.2, 0.25) is 0 Å². The third-order valence-corrected chi connectivity index (χ3v) is 5.64. The van der Waals surface area contributed by atoms with E-state index < -0.39 is 6.04 Å². The van der Waals surface area contributed by atoms with Gasteiger partial charge in [0, 0.05) is 25.0 Å². The molecule has 1 amide bonds. The van der Waals surface area contributed by atoms with Crippen LogP contribution >= 0.6 is 11.3 Å².